The number of benzene rings is 2. The van der Waals surface area contributed by atoms with Crippen LogP contribution in [0.1, 0.15) is 37.3 Å². The van der Waals surface area contributed by atoms with E-state index in [1.54, 1.807) is 11.3 Å². The largest absolute Gasteiger partial charge is 0.422 e. The molecule has 4 nitrogen and oxygen atoms in total. The van der Waals surface area contributed by atoms with Crippen molar-refractivity contribution in [2.75, 3.05) is 18.0 Å². The second kappa shape index (κ2) is 8.84. The molecule has 0 aliphatic heterocycles. The number of fused-ring (bicyclic) bond motifs is 2. The highest BCUT2D eigenvalue weighted by molar-refractivity contribution is 7.18. The van der Waals surface area contributed by atoms with Crippen LogP contribution in [0.15, 0.2) is 57.7 Å². The van der Waals surface area contributed by atoms with Crippen LogP contribution in [0.2, 0.25) is 0 Å². The van der Waals surface area contributed by atoms with Crippen LogP contribution in [0, 0.1) is 0 Å². The number of para-hydroxylation sites is 1. The van der Waals surface area contributed by atoms with Gasteiger partial charge >= 0.3 is 5.63 Å². The maximum absolute atomic E-state index is 12.6. The van der Waals surface area contributed by atoms with Gasteiger partial charge in [-0.2, -0.15) is 4.57 Å². The van der Waals surface area contributed by atoms with Crippen LogP contribution in [0.3, 0.4) is 0 Å². The molecule has 0 aliphatic rings. The van der Waals surface area contributed by atoms with Crippen molar-refractivity contribution in [1.29, 1.82) is 0 Å². The summed E-state index contributed by atoms with van der Waals surface area (Å²) in [5.41, 5.74) is 3.18. The van der Waals surface area contributed by atoms with Crippen molar-refractivity contribution in [3.05, 3.63) is 69.5 Å². The highest BCUT2D eigenvalue weighted by Crippen LogP contribution is 2.24. The van der Waals surface area contributed by atoms with Crippen molar-refractivity contribution in [3.63, 3.8) is 0 Å². The number of thiazole rings is 1. The van der Waals surface area contributed by atoms with E-state index in [4.69, 9.17) is 4.42 Å². The Bertz CT molecular complexity index is 1260. The van der Waals surface area contributed by atoms with E-state index in [-0.39, 0.29) is 5.63 Å². The molecule has 30 heavy (non-hydrogen) atoms. The van der Waals surface area contributed by atoms with Crippen molar-refractivity contribution >= 4 is 50.4 Å². The fourth-order valence-corrected chi connectivity index (χ4v) is 4.82. The van der Waals surface area contributed by atoms with Gasteiger partial charge < -0.3 is 9.32 Å². The van der Waals surface area contributed by atoms with E-state index in [9.17, 15) is 4.79 Å². The van der Waals surface area contributed by atoms with E-state index in [0.29, 0.717) is 11.1 Å². The molecule has 0 unspecified atom stereocenters. The molecule has 0 saturated carbocycles. The molecule has 0 saturated heterocycles. The molecule has 4 rings (SSSR count). The minimum atomic E-state index is -0.308. The molecule has 2 heterocycles. The van der Waals surface area contributed by atoms with Gasteiger partial charge in [-0.05, 0) is 43.2 Å². The Labute approximate surface area is 180 Å². The average Bonchev–Trinajstić information content (AvgIpc) is 3.07. The highest BCUT2D eigenvalue weighted by atomic mass is 32.1. The van der Waals surface area contributed by atoms with Crippen LogP contribution in [-0.2, 0) is 7.05 Å². The minimum Gasteiger partial charge on any atom is -0.422 e. The molecule has 154 valence electrons. The molecule has 5 heteroatoms. The molecule has 0 bridgehead atoms. The molecule has 0 amide bonds. The zero-order chi connectivity index (χ0) is 21.1. The Balaban J connectivity index is 1.67. The molecule has 0 fully saturated rings. The third-order valence-corrected chi connectivity index (χ3v) is 6.46. The zero-order valence-electron chi connectivity index (χ0n) is 17.7. The summed E-state index contributed by atoms with van der Waals surface area (Å²) in [6.07, 6.45) is 6.01. The van der Waals surface area contributed by atoms with E-state index < -0.39 is 0 Å². The highest BCUT2D eigenvalue weighted by Gasteiger charge is 2.14. The van der Waals surface area contributed by atoms with Gasteiger partial charge in [0.2, 0.25) is 5.52 Å². The first-order valence-corrected chi connectivity index (χ1v) is 11.3. The Kier molecular flexibility index (Phi) is 6.00. The maximum atomic E-state index is 12.6. The molecule has 0 atom stereocenters. The van der Waals surface area contributed by atoms with Crippen molar-refractivity contribution in [2.45, 2.75) is 26.7 Å². The summed E-state index contributed by atoms with van der Waals surface area (Å²) in [4.78, 5) is 15.0. The predicted octanol–water partition coefficient (Wildman–Crippen LogP) is 5.63. The summed E-state index contributed by atoms with van der Waals surface area (Å²) in [7, 11) is 2.04. The molecule has 2 aromatic heterocycles. The van der Waals surface area contributed by atoms with Crippen LogP contribution in [0.25, 0.3) is 33.3 Å². The summed E-state index contributed by atoms with van der Waals surface area (Å²) in [5.74, 6) is 0. The lowest BCUT2D eigenvalue weighted by Crippen LogP contribution is -2.28. The Hall–Kier alpha value is -2.92. The van der Waals surface area contributed by atoms with Crippen LogP contribution < -0.4 is 15.1 Å². The summed E-state index contributed by atoms with van der Waals surface area (Å²) in [5, 5.41) is 2.02. The third-order valence-electron chi connectivity index (χ3n) is 5.28. The first-order chi connectivity index (χ1) is 14.6. The number of aryl methyl sites for hydroxylation is 1. The molecular weight excluding hydrogens is 392 g/mol. The molecule has 4 aromatic rings. The monoisotopic (exact) mass is 419 g/mol. The second-order valence-corrected chi connectivity index (χ2v) is 8.56. The second-order valence-electron chi connectivity index (χ2n) is 7.50. The number of anilines is 1. The number of rotatable bonds is 7. The lowest BCUT2D eigenvalue weighted by atomic mass is 10.1. The summed E-state index contributed by atoms with van der Waals surface area (Å²) >= 11 is 1.70. The number of hydrogen-bond donors (Lipinski definition) is 0. The quantitative estimate of drug-likeness (QED) is 0.288. The Morgan fingerprint density at radius 1 is 1.03 bits per heavy atom. The normalized spacial score (nSPS) is 11.7. The van der Waals surface area contributed by atoms with Crippen LogP contribution in [-0.4, -0.2) is 13.1 Å². The number of nitrogens with zero attached hydrogens (tertiary/aromatic N) is 2. The van der Waals surface area contributed by atoms with Crippen molar-refractivity contribution < 1.29 is 8.98 Å². The van der Waals surface area contributed by atoms with Crippen LogP contribution >= 0.6 is 11.3 Å². The smallest absolute Gasteiger partial charge is 0.343 e. The van der Waals surface area contributed by atoms with Gasteiger partial charge in [-0.15, -0.1) is 0 Å². The van der Waals surface area contributed by atoms with Gasteiger partial charge in [0.25, 0.3) is 5.01 Å². The maximum Gasteiger partial charge on any atom is 0.343 e. The van der Waals surface area contributed by atoms with Crippen molar-refractivity contribution in [1.82, 2.24) is 0 Å². The molecular formula is C25H27N2O2S+. The first kappa shape index (κ1) is 20.4. The Morgan fingerprint density at radius 2 is 1.80 bits per heavy atom. The predicted molar refractivity (Wildman–Crippen MR) is 127 cm³/mol. The average molecular weight is 420 g/mol. The Morgan fingerprint density at radius 3 is 2.53 bits per heavy atom. The fourth-order valence-electron chi connectivity index (χ4n) is 3.77. The summed E-state index contributed by atoms with van der Waals surface area (Å²) in [6.45, 7) is 6.35. The van der Waals surface area contributed by atoms with Gasteiger partial charge in [0.15, 0.2) is 0 Å². The molecule has 0 radical (unpaired) electrons. The summed E-state index contributed by atoms with van der Waals surface area (Å²) in [6, 6.07) is 16.4. The van der Waals surface area contributed by atoms with E-state index in [1.165, 1.54) is 10.2 Å². The molecule has 0 N–H and O–H groups in total. The lowest BCUT2D eigenvalue weighted by molar-refractivity contribution is -0.642. The molecule has 0 aliphatic carbocycles. The van der Waals surface area contributed by atoms with Crippen molar-refractivity contribution in [2.24, 2.45) is 7.05 Å². The lowest BCUT2D eigenvalue weighted by Gasteiger charge is -2.23. The van der Waals surface area contributed by atoms with E-state index in [1.807, 2.05) is 49.5 Å². The van der Waals surface area contributed by atoms with Gasteiger partial charge in [-0.25, -0.2) is 4.79 Å². The van der Waals surface area contributed by atoms with E-state index in [2.05, 4.69) is 41.5 Å². The fraction of sp³-hybridized carbons (Fsp3) is 0.280. The van der Waals surface area contributed by atoms with Crippen LogP contribution in [0.5, 0.6) is 0 Å². The van der Waals surface area contributed by atoms with Gasteiger partial charge in [0.05, 0.1) is 5.56 Å². The SMILES string of the molecule is CCCN(CCC)c1ccc2cc(C=Cc3sc4ccccc4[n+]3C)c(=O)oc2c1. The molecule has 2 aromatic carbocycles. The topological polar surface area (TPSA) is 37.3 Å². The summed E-state index contributed by atoms with van der Waals surface area (Å²) < 4.78 is 9.04. The van der Waals surface area contributed by atoms with Crippen molar-refractivity contribution in [3.8, 4) is 0 Å². The zero-order valence-corrected chi connectivity index (χ0v) is 18.5. The van der Waals surface area contributed by atoms with Crippen LogP contribution in [0.4, 0.5) is 5.69 Å². The minimum absolute atomic E-state index is 0.308. The first-order valence-electron chi connectivity index (χ1n) is 10.5. The number of aromatic nitrogens is 1. The van der Waals surface area contributed by atoms with Gasteiger partial charge in [0, 0.05) is 42.4 Å². The van der Waals surface area contributed by atoms with Gasteiger partial charge in [-0.1, -0.05) is 37.3 Å². The number of hydrogen-bond acceptors (Lipinski definition) is 4. The molecule has 0 spiro atoms. The van der Waals surface area contributed by atoms with E-state index in [0.717, 1.165) is 42.0 Å². The van der Waals surface area contributed by atoms with Gasteiger partial charge in [0.1, 0.15) is 17.3 Å². The van der Waals surface area contributed by atoms with Gasteiger partial charge in [-0.3, -0.25) is 0 Å². The van der Waals surface area contributed by atoms with E-state index >= 15 is 0 Å². The third kappa shape index (κ3) is 4.03. The standard InChI is InChI=1S/C25H27N2O2S/c1-4-14-27(15-5-2)20-12-10-18-16-19(25(28)29-22(18)17-20)11-13-24-26(3)21-8-6-7-9-23(21)30-24/h6-13,16-17H,4-5,14-15H2,1-3H3/q+1.